The fourth-order valence-corrected chi connectivity index (χ4v) is 2.94. The molecule has 1 aromatic rings. The van der Waals surface area contributed by atoms with Crippen LogP contribution in [-0.4, -0.2) is 17.8 Å². The number of hydrogen-bond acceptors (Lipinski definition) is 2. The molecule has 0 bridgehead atoms. The van der Waals surface area contributed by atoms with Crippen molar-refractivity contribution in [1.82, 2.24) is 5.32 Å². The van der Waals surface area contributed by atoms with E-state index in [1.165, 1.54) is 17.7 Å². The van der Waals surface area contributed by atoms with E-state index >= 15 is 0 Å². The highest BCUT2D eigenvalue weighted by atomic mass is 32.2. The van der Waals surface area contributed by atoms with Crippen molar-refractivity contribution in [3.63, 3.8) is 0 Å². The van der Waals surface area contributed by atoms with E-state index in [1.807, 2.05) is 11.8 Å². The fraction of sp³-hybridized carbons (Fsp3) is 0.625. The van der Waals surface area contributed by atoms with E-state index in [0.717, 1.165) is 11.7 Å². The summed E-state index contributed by atoms with van der Waals surface area (Å²) in [6.45, 7) is 9.07. The first-order valence-corrected chi connectivity index (χ1v) is 8.00. The Hall–Kier alpha value is -0.470. The third-order valence-corrected chi connectivity index (χ3v) is 4.03. The molecular weight excluding hydrogens is 238 g/mol. The summed E-state index contributed by atoms with van der Waals surface area (Å²) in [5, 5.41) is 3.68. The van der Waals surface area contributed by atoms with Gasteiger partial charge in [0.05, 0.1) is 0 Å². The molecule has 0 amide bonds. The summed E-state index contributed by atoms with van der Waals surface area (Å²) in [6, 6.07) is 11.9. The number of hydrogen-bond donors (Lipinski definition) is 1. The maximum absolute atomic E-state index is 3.68. The average molecular weight is 265 g/mol. The van der Waals surface area contributed by atoms with E-state index in [4.69, 9.17) is 0 Å². The molecule has 0 aromatic heterocycles. The van der Waals surface area contributed by atoms with Gasteiger partial charge in [-0.1, -0.05) is 45.9 Å². The van der Waals surface area contributed by atoms with Gasteiger partial charge in [-0.05, 0) is 30.9 Å². The van der Waals surface area contributed by atoms with E-state index in [2.05, 4.69) is 63.3 Å². The van der Waals surface area contributed by atoms with Crippen LogP contribution in [0.2, 0.25) is 0 Å². The first kappa shape index (κ1) is 15.6. The highest BCUT2D eigenvalue weighted by Crippen LogP contribution is 2.20. The van der Waals surface area contributed by atoms with Gasteiger partial charge in [0.15, 0.2) is 0 Å². The summed E-state index contributed by atoms with van der Waals surface area (Å²) in [6.07, 6.45) is 2.58. The van der Waals surface area contributed by atoms with Crippen molar-refractivity contribution in [3.8, 4) is 0 Å². The molecule has 0 aliphatic carbocycles. The standard InChI is InChI=1S/C16H27NS/c1-13(2)10-11-15(17-14(3)4)12-18-16-8-6-5-7-9-16/h5-9,13-15,17H,10-12H2,1-4H3/t15-/m1/s1. The lowest BCUT2D eigenvalue weighted by molar-refractivity contribution is 0.428. The zero-order valence-electron chi connectivity index (χ0n) is 12.1. The molecule has 1 nitrogen and oxygen atoms in total. The van der Waals surface area contributed by atoms with Gasteiger partial charge in [0.1, 0.15) is 0 Å². The minimum absolute atomic E-state index is 0.568. The predicted molar refractivity (Wildman–Crippen MR) is 83.3 cm³/mol. The summed E-state index contributed by atoms with van der Waals surface area (Å²) in [7, 11) is 0. The highest BCUT2D eigenvalue weighted by molar-refractivity contribution is 7.99. The van der Waals surface area contributed by atoms with Gasteiger partial charge in [-0.3, -0.25) is 0 Å². The molecule has 0 radical (unpaired) electrons. The molecule has 1 aromatic carbocycles. The molecule has 0 saturated carbocycles. The maximum atomic E-state index is 3.68. The van der Waals surface area contributed by atoms with Crippen LogP contribution in [-0.2, 0) is 0 Å². The molecule has 1 atom stereocenters. The zero-order valence-corrected chi connectivity index (χ0v) is 13.0. The molecule has 1 rings (SSSR count). The van der Waals surface area contributed by atoms with Crippen LogP contribution in [0.5, 0.6) is 0 Å². The van der Waals surface area contributed by atoms with E-state index < -0.39 is 0 Å². The average Bonchev–Trinajstić information content (AvgIpc) is 2.33. The Kier molecular flexibility index (Phi) is 7.45. The van der Waals surface area contributed by atoms with Crippen LogP contribution in [0.3, 0.4) is 0 Å². The van der Waals surface area contributed by atoms with Gasteiger partial charge < -0.3 is 5.32 Å². The molecule has 0 heterocycles. The van der Waals surface area contributed by atoms with Crippen LogP contribution in [0.1, 0.15) is 40.5 Å². The van der Waals surface area contributed by atoms with Crippen molar-refractivity contribution >= 4 is 11.8 Å². The lowest BCUT2D eigenvalue weighted by Crippen LogP contribution is -2.36. The Morgan fingerprint density at radius 3 is 2.22 bits per heavy atom. The topological polar surface area (TPSA) is 12.0 Å². The van der Waals surface area contributed by atoms with Crippen molar-refractivity contribution in [2.75, 3.05) is 5.75 Å². The lowest BCUT2D eigenvalue weighted by atomic mass is 10.0. The second kappa shape index (κ2) is 8.60. The SMILES string of the molecule is CC(C)CC[C@H](CSc1ccccc1)NC(C)C. The van der Waals surface area contributed by atoms with Crippen molar-refractivity contribution in [2.24, 2.45) is 5.92 Å². The van der Waals surface area contributed by atoms with Crippen molar-refractivity contribution in [3.05, 3.63) is 30.3 Å². The second-order valence-electron chi connectivity index (χ2n) is 5.61. The van der Waals surface area contributed by atoms with E-state index in [9.17, 15) is 0 Å². The third kappa shape index (κ3) is 7.07. The van der Waals surface area contributed by atoms with Gasteiger partial charge in [0.25, 0.3) is 0 Å². The van der Waals surface area contributed by atoms with E-state index in [0.29, 0.717) is 12.1 Å². The van der Waals surface area contributed by atoms with E-state index in [-0.39, 0.29) is 0 Å². The fourth-order valence-electron chi connectivity index (χ4n) is 1.93. The molecule has 0 saturated heterocycles. The zero-order chi connectivity index (χ0) is 13.4. The summed E-state index contributed by atoms with van der Waals surface area (Å²) >= 11 is 1.96. The minimum atomic E-state index is 0.568. The number of benzene rings is 1. The first-order valence-electron chi connectivity index (χ1n) is 7.01. The smallest absolute Gasteiger partial charge is 0.0164 e. The summed E-state index contributed by atoms with van der Waals surface area (Å²) in [5.74, 6) is 1.96. The lowest BCUT2D eigenvalue weighted by Gasteiger charge is -2.22. The predicted octanol–water partition coefficient (Wildman–Crippen LogP) is 4.58. The monoisotopic (exact) mass is 265 g/mol. The molecule has 1 N–H and O–H groups in total. The van der Waals surface area contributed by atoms with Crippen molar-refractivity contribution < 1.29 is 0 Å². The van der Waals surface area contributed by atoms with Gasteiger partial charge in [-0.25, -0.2) is 0 Å². The van der Waals surface area contributed by atoms with Crippen LogP contribution >= 0.6 is 11.8 Å². The summed E-state index contributed by atoms with van der Waals surface area (Å²) in [4.78, 5) is 1.37. The molecule has 18 heavy (non-hydrogen) atoms. The quantitative estimate of drug-likeness (QED) is 0.690. The second-order valence-corrected chi connectivity index (χ2v) is 6.71. The Morgan fingerprint density at radius 1 is 1.00 bits per heavy atom. The van der Waals surface area contributed by atoms with Crippen LogP contribution < -0.4 is 5.32 Å². The number of nitrogens with one attached hydrogen (secondary N) is 1. The van der Waals surface area contributed by atoms with Crippen LogP contribution in [0.4, 0.5) is 0 Å². The van der Waals surface area contributed by atoms with Crippen molar-refractivity contribution in [1.29, 1.82) is 0 Å². The number of thioether (sulfide) groups is 1. The normalized spacial score (nSPS) is 13.2. The molecule has 0 fully saturated rings. The van der Waals surface area contributed by atoms with Crippen LogP contribution in [0.25, 0.3) is 0 Å². The Labute approximate surface area is 117 Å². The van der Waals surface area contributed by atoms with Gasteiger partial charge in [0.2, 0.25) is 0 Å². The van der Waals surface area contributed by atoms with E-state index in [1.54, 1.807) is 0 Å². The largest absolute Gasteiger partial charge is 0.311 e. The maximum Gasteiger partial charge on any atom is 0.0164 e. The van der Waals surface area contributed by atoms with Gasteiger partial charge in [-0.2, -0.15) is 0 Å². The molecule has 0 unspecified atom stereocenters. The summed E-state index contributed by atoms with van der Waals surface area (Å²) < 4.78 is 0. The molecule has 0 aliphatic rings. The van der Waals surface area contributed by atoms with Crippen LogP contribution in [0.15, 0.2) is 35.2 Å². The number of rotatable bonds is 8. The molecule has 102 valence electrons. The van der Waals surface area contributed by atoms with Gasteiger partial charge >= 0.3 is 0 Å². The van der Waals surface area contributed by atoms with Gasteiger partial charge in [-0.15, -0.1) is 11.8 Å². The van der Waals surface area contributed by atoms with Crippen molar-refractivity contribution in [2.45, 2.75) is 57.5 Å². The highest BCUT2D eigenvalue weighted by Gasteiger charge is 2.11. The molecule has 2 heteroatoms. The third-order valence-electron chi connectivity index (χ3n) is 2.86. The minimum Gasteiger partial charge on any atom is -0.311 e. The Morgan fingerprint density at radius 2 is 1.67 bits per heavy atom. The molecule has 0 spiro atoms. The van der Waals surface area contributed by atoms with Crippen LogP contribution in [0, 0.1) is 5.92 Å². The Balaban J connectivity index is 2.40. The molecular formula is C16H27NS. The molecule has 0 aliphatic heterocycles. The van der Waals surface area contributed by atoms with Gasteiger partial charge in [0, 0.05) is 22.7 Å². The Bertz CT molecular complexity index is 308. The summed E-state index contributed by atoms with van der Waals surface area (Å²) in [5.41, 5.74) is 0. The first-order chi connectivity index (χ1) is 8.58.